The number of amides is 1. The highest BCUT2D eigenvalue weighted by Gasteiger charge is 2.44. The van der Waals surface area contributed by atoms with Crippen LogP contribution in [-0.4, -0.2) is 47.2 Å². The molecule has 10 nitrogen and oxygen atoms in total. The molecule has 4 aromatic rings. The number of nitrogens with zero attached hydrogens (tertiary/aromatic N) is 3. The van der Waals surface area contributed by atoms with Gasteiger partial charge < -0.3 is 29.0 Å². The summed E-state index contributed by atoms with van der Waals surface area (Å²) in [4.78, 5) is 21.1. The molecule has 0 radical (unpaired) electrons. The molecule has 5 rings (SSSR count). The summed E-state index contributed by atoms with van der Waals surface area (Å²) < 4.78 is 85.8. The van der Waals surface area contributed by atoms with Gasteiger partial charge in [0.1, 0.15) is 0 Å². The molecular formula is C26H22F4N4O6S. The zero-order chi connectivity index (χ0) is 29.5. The van der Waals surface area contributed by atoms with Crippen LogP contribution in [0.1, 0.15) is 57.6 Å². The maximum Gasteiger partial charge on any atom is 0.586 e. The quantitative estimate of drug-likeness (QED) is 0.191. The summed E-state index contributed by atoms with van der Waals surface area (Å²) in [6.45, 7) is 0.737. The van der Waals surface area contributed by atoms with Crippen LogP contribution in [0.5, 0.6) is 11.5 Å². The van der Waals surface area contributed by atoms with Crippen LogP contribution in [-0.2, 0) is 17.6 Å². The fourth-order valence-electron chi connectivity index (χ4n) is 4.38. The van der Waals surface area contributed by atoms with E-state index in [-0.39, 0.29) is 45.9 Å². The molecule has 0 bridgehead atoms. The molecule has 2 aromatic heterocycles. The Morgan fingerprint density at radius 3 is 2.61 bits per heavy atom. The van der Waals surface area contributed by atoms with Gasteiger partial charge in [-0.15, -0.1) is 8.78 Å². The number of hydrogen-bond donors (Lipinski definition) is 3. The van der Waals surface area contributed by atoms with E-state index in [2.05, 4.69) is 24.8 Å². The van der Waals surface area contributed by atoms with Crippen LogP contribution in [0.25, 0.3) is 11.0 Å². The highest BCUT2D eigenvalue weighted by Crippen LogP contribution is 2.44. The van der Waals surface area contributed by atoms with Gasteiger partial charge in [0, 0.05) is 17.3 Å². The summed E-state index contributed by atoms with van der Waals surface area (Å²) >= 11 is -2.10. The Labute approximate surface area is 232 Å². The first-order valence-corrected chi connectivity index (χ1v) is 13.3. The second kappa shape index (κ2) is 11.1. The topological polar surface area (TPSA) is 136 Å². The van der Waals surface area contributed by atoms with Gasteiger partial charge in [0.25, 0.3) is 12.3 Å². The normalized spacial score (nSPS) is 16.1. The molecule has 41 heavy (non-hydrogen) atoms. The molecule has 15 heteroatoms. The Morgan fingerprint density at radius 2 is 1.95 bits per heavy atom. The molecule has 216 valence electrons. The van der Waals surface area contributed by atoms with Gasteiger partial charge in [-0.3, -0.25) is 9.78 Å². The second-order valence-electron chi connectivity index (χ2n) is 9.12. The van der Waals surface area contributed by atoms with Gasteiger partial charge in [-0.2, -0.15) is 0 Å². The minimum atomic E-state index is -3.88. The van der Waals surface area contributed by atoms with Gasteiger partial charge in [-0.1, -0.05) is 18.2 Å². The molecule has 1 aliphatic rings. The smallest absolute Gasteiger partial charge is 0.395 e. The molecule has 0 aliphatic carbocycles. The number of fused-ring (bicyclic) bond motifs is 2. The van der Waals surface area contributed by atoms with Crippen molar-refractivity contribution in [3.8, 4) is 11.5 Å². The lowest BCUT2D eigenvalue weighted by Crippen LogP contribution is -2.31. The number of halogens is 4. The maximum absolute atomic E-state index is 13.9. The van der Waals surface area contributed by atoms with Gasteiger partial charge in [0.05, 0.1) is 41.2 Å². The van der Waals surface area contributed by atoms with Crippen molar-refractivity contribution in [1.29, 1.82) is 0 Å². The van der Waals surface area contributed by atoms with Crippen LogP contribution in [0.15, 0.2) is 54.7 Å². The van der Waals surface area contributed by atoms with Crippen molar-refractivity contribution in [3.63, 3.8) is 0 Å². The summed E-state index contributed by atoms with van der Waals surface area (Å²) in [5.41, 5.74) is 1.26. The van der Waals surface area contributed by atoms with Gasteiger partial charge in [-0.25, -0.2) is 18.0 Å². The number of carbonyl (C=O) groups excluding carboxylic acids is 1. The molecule has 0 spiro atoms. The Balaban J connectivity index is 1.40. The number of carbonyl (C=O) groups is 1. The van der Waals surface area contributed by atoms with Crippen molar-refractivity contribution in [2.45, 2.75) is 37.5 Å². The molecule has 3 N–H and O–H groups in total. The van der Waals surface area contributed by atoms with Gasteiger partial charge in [0.2, 0.25) is 0 Å². The zero-order valence-electron chi connectivity index (χ0n) is 21.1. The molecule has 2 aromatic carbocycles. The van der Waals surface area contributed by atoms with E-state index in [1.165, 1.54) is 48.7 Å². The van der Waals surface area contributed by atoms with Crippen LogP contribution in [0.4, 0.5) is 17.6 Å². The number of aromatic nitrogens is 3. The van der Waals surface area contributed by atoms with E-state index < -0.39 is 53.4 Å². The number of pyridine rings is 1. The van der Waals surface area contributed by atoms with E-state index in [0.717, 1.165) is 4.57 Å². The number of para-hydroxylation sites is 1. The number of hydrogen-bond acceptors (Lipinski definition) is 7. The first-order chi connectivity index (χ1) is 19.5. The Morgan fingerprint density at radius 1 is 1.17 bits per heavy atom. The van der Waals surface area contributed by atoms with Crippen LogP contribution in [0, 0.1) is 0 Å². The minimum absolute atomic E-state index is 0.0528. The number of benzene rings is 2. The van der Waals surface area contributed by atoms with Gasteiger partial charge in [-0.05, 0) is 42.8 Å². The van der Waals surface area contributed by atoms with Crippen LogP contribution >= 0.6 is 0 Å². The number of aliphatic hydroxyl groups is 1. The third-order valence-electron chi connectivity index (χ3n) is 6.50. The SMILES string of the molecule is C[C@H](c1ccc([C@H](CO)NC(=O)c2ccc3c(c2)nc(C(F)F)n3Cc2cccc3c2OC(F)(F)O3)nc1)S(=O)O. The third-order valence-corrected chi connectivity index (χ3v) is 7.38. The molecular weight excluding hydrogens is 572 g/mol. The van der Waals surface area contributed by atoms with Crippen molar-refractivity contribution in [2.75, 3.05) is 6.61 Å². The van der Waals surface area contributed by atoms with Gasteiger partial charge in [0.15, 0.2) is 28.4 Å². The predicted molar refractivity (Wildman–Crippen MR) is 137 cm³/mol. The monoisotopic (exact) mass is 594 g/mol. The number of ether oxygens (including phenoxy) is 2. The van der Waals surface area contributed by atoms with Crippen LogP contribution in [0.2, 0.25) is 0 Å². The summed E-state index contributed by atoms with van der Waals surface area (Å²) in [5, 5.41) is 11.8. The van der Waals surface area contributed by atoms with Crippen molar-refractivity contribution in [3.05, 3.63) is 82.9 Å². The van der Waals surface area contributed by atoms with Crippen molar-refractivity contribution in [2.24, 2.45) is 0 Å². The third kappa shape index (κ3) is 5.73. The number of rotatable bonds is 9. The fraction of sp³-hybridized carbons (Fsp3) is 0.269. The van der Waals surface area contributed by atoms with E-state index in [1.807, 2.05) is 0 Å². The lowest BCUT2D eigenvalue weighted by molar-refractivity contribution is -0.287. The van der Waals surface area contributed by atoms with Crippen LogP contribution in [0.3, 0.4) is 0 Å². The highest BCUT2D eigenvalue weighted by atomic mass is 32.2. The van der Waals surface area contributed by atoms with Crippen molar-refractivity contribution in [1.82, 2.24) is 19.9 Å². The molecule has 0 fully saturated rings. The number of alkyl halides is 4. The molecule has 0 saturated carbocycles. The largest absolute Gasteiger partial charge is 0.586 e. The number of imidazole rings is 1. The molecule has 3 atom stereocenters. The maximum atomic E-state index is 13.9. The predicted octanol–water partition coefficient (Wildman–Crippen LogP) is 4.48. The Hall–Kier alpha value is -4.08. The average Bonchev–Trinajstić information content (AvgIpc) is 3.47. The van der Waals surface area contributed by atoms with Crippen molar-refractivity contribution < 1.29 is 45.7 Å². The number of aliphatic hydroxyl groups excluding tert-OH is 1. The zero-order valence-corrected chi connectivity index (χ0v) is 21.9. The van der Waals surface area contributed by atoms with E-state index in [4.69, 9.17) is 0 Å². The van der Waals surface area contributed by atoms with Crippen LogP contribution < -0.4 is 14.8 Å². The summed E-state index contributed by atoms with van der Waals surface area (Å²) in [5.74, 6) is -1.79. The van der Waals surface area contributed by atoms with Gasteiger partial charge >= 0.3 is 6.29 Å². The fourth-order valence-corrected chi connectivity index (χ4v) is 4.75. The van der Waals surface area contributed by atoms with E-state index in [0.29, 0.717) is 5.56 Å². The van der Waals surface area contributed by atoms with E-state index in [9.17, 15) is 36.2 Å². The highest BCUT2D eigenvalue weighted by molar-refractivity contribution is 7.79. The molecule has 1 aliphatic heterocycles. The average molecular weight is 595 g/mol. The number of nitrogens with one attached hydrogen (secondary N) is 1. The van der Waals surface area contributed by atoms with Crippen molar-refractivity contribution >= 4 is 28.0 Å². The first kappa shape index (κ1) is 28.4. The minimum Gasteiger partial charge on any atom is -0.395 e. The molecule has 1 amide bonds. The standard InChI is InChI=1S/C26H22F4N4O6S/c1-13(41(37)38)15-5-7-17(31-10-15)19(12-35)33-25(36)14-6-8-20-18(9-14)32-24(23(27)28)34(20)11-16-3-2-4-21-22(16)40-26(29,30)39-21/h2-10,13,19,23,35H,11-12H2,1H3,(H,33,36)(H,37,38)/t13-,19+/m1/s1. The lowest BCUT2D eigenvalue weighted by Gasteiger charge is -2.17. The molecule has 0 saturated heterocycles. The molecule has 1 unspecified atom stereocenters. The Bertz CT molecular complexity index is 1630. The molecule has 3 heterocycles. The summed E-state index contributed by atoms with van der Waals surface area (Å²) in [7, 11) is 0. The Kier molecular flexibility index (Phi) is 7.68. The lowest BCUT2D eigenvalue weighted by atomic mass is 10.1. The first-order valence-electron chi connectivity index (χ1n) is 12.1. The van der Waals surface area contributed by atoms with E-state index in [1.54, 1.807) is 13.0 Å². The summed E-state index contributed by atoms with van der Waals surface area (Å²) in [6, 6.07) is 10.3. The van der Waals surface area contributed by atoms with E-state index >= 15 is 0 Å². The second-order valence-corrected chi connectivity index (χ2v) is 10.4. The summed E-state index contributed by atoms with van der Waals surface area (Å²) in [6.07, 6.45) is -5.53.